The van der Waals surface area contributed by atoms with Crippen molar-refractivity contribution in [1.29, 1.82) is 0 Å². The molecule has 0 spiro atoms. The van der Waals surface area contributed by atoms with Crippen molar-refractivity contribution in [2.45, 2.75) is 41.0 Å². The molecule has 2 atom stereocenters. The van der Waals surface area contributed by atoms with Gasteiger partial charge in [0.25, 0.3) is 0 Å². The van der Waals surface area contributed by atoms with Gasteiger partial charge in [0.15, 0.2) is 5.78 Å². The van der Waals surface area contributed by atoms with E-state index in [2.05, 4.69) is 33.8 Å². The van der Waals surface area contributed by atoms with E-state index >= 15 is 0 Å². The molecule has 1 nitrogen and oxygen atoms in total. The topological polar surface area (TPSA) is 17.1 Å². The van der Waals surface area contributed by atoms with E-state index in [-0.39, 0.29) is 17.1 Å². The molecule has 15 heavy (non-hydrogen) atoms. The van der Waals surface area contributed by atoms with E-state index in [4.69, 9.17) is 0 Å². The smallest absolute Gasteiger partial charge is 0.159 e. The second-order valence-electron chi connectivity index (χ2n) is 5.20. The van der Waals surface area contributed by atoms with Crippen LogP contribution in [0.25, 0.3) is 0 Å². The summed E-state index contributed by atoms with van der Waals surface area (Å²) < 4.78 is 0. The van der Waals surface area contributed by atoms with Gasteiger partial charge >= 0.3 is 0 Å². The number of hydrogen-bond donors (Lipinski definition) is 0. The highest BCUT2D eigenvalue weighted by atomic mass is 16.1. The quantitative estimate of drug-likeness (QED) is 0.496. The number of hydrogen-bond acceptors (Lipinski definition) is 1. The zero-order valence-electron chi connectivity index (χ0n) is 10.5. The molecule has 0 aromatic heterocycles. The van der Waals surface area contributed by atoms with Gasteiger partial charge in [0.2, 0.25) is 0 Å². The molecule has 0 bridgehead atoms. The lowest BCUT2D eigenvalue weighted by atomic mass is 9.62. The molecule has 0 fully saturated rings. The Balaban J connectivity index is 3.05. The SMILES string of the molecule is C/C=C/C(=O)C1C(C)CC=C(C)C1(C)C. The van der Waals surface area contributed by atoms with Crippen LogP contribution in [0.5, 0.6) is 0 Å². The lowest BCUT2D eigenvalue weighted by molar-refractivity contribution is -0.123. The fourth-order valence-electron chi connectivity index (χ4n) is 2.62. The van der Waals surface area contributed by atoms with E-state index in [9.17, 15) is 4.79 Å². The molecule has 0 radical (unpaired) electrons. The highest BCUT2D eigenvalue weighted by Gasteiger charge is 2.40. The Hall–Kier alpha value is -0.850. The molecule has 0 heterocycles. The molecule has 0 amide bonds. The Labute approximate surface area is 93.3 Å². The van der Waals surface area contributed by atoms with Gasteiger partial charge in [0, 0.05) is 5.92 Å². The van der Waals surface area contributed by atoms with Crippen molar-refractivity contribution < 1.29 is 4.79 Å². The average Bonchev–Trinajstić information content (AvgIpc) is 2.12. The first-order valence-corrected chi connectivity index (χ1v) is 5.75. The fraction of sp³-hybridized carbons (Fsp3) is 0.643. The van der Waals surface area contributed by atoms with Crippen LogP contribution < -0.4 is 0 Å². The minimum absolute atomic E-state index is 0.00819. The van der Waals surface area contributed by atoms with E-state index in [1.165, 1.54) is 5.57 Å². The normalized spacial score (nSPS) is 30.3. The summed E-state index contributed by atoms with van der Waals surface area (Å²) in [5.74, 6) is 0.869. The second kappa shape index (κ2) is 4.34. The lowest BCUT2D eigenvalue weighted by Gasteiger charge is -2.41. The highest BCUT2D eigenvalue weighted by molar-refractivity contribution is 5.92. The van der Waals surface area contributed by atoms with Crippen LogP contribution in [-0.4, -0.2) is 5.78 Å². The number of allylic oxidation sites excluding steroid dienone is 4. The van der Waals surface area contributed by atoms with Crippen molar-refractivity contribution in [3.05, 3.63) is 23.8 Å². The second-order valence-corrected chi connectivity index (χ2v) is 5.20. The largest absolute Gasteiger partial charge is 0.295 e. The molecular formula is C14H22O. The van der Waals surface area contributed by atoms with Crippen molar-refractivity contribution in [2.75, 3.05) is 0 Å². The van der Waals surface area contributed by atoms with Crippen molar-refractivity contribution in [3.8, 4) is 0 Å². The van der Waals surface area contributed by atoms with Gasteiger partial charge in [-0.05, 0) is 37.7 Å². The van der Waals surface area contributed by atoms with Gasteiger partial charge in [-0.25, -0.2) is 0 Å². The van der Waals surface area contributed by atoms with Crippen molar-refractivity contribution in [2.24, 2.45) is 17.3 Å². The summed E-state index contributed by atoms with van der Waals surface area (Å²) in [4.78, 5) is 12.1. The summed E-state index contributed by atoms with van der Waals surface area (Å²) in [6.45, 7) is 10.6. The zero-order chi connectivity index (χ0) is 11.6. The number of rotatable bonds is 2. The van der Waals surface area contributed by atoms with E-state index in [1.54, 1.807) is 6.08 Å². The monoisotopic (exact) mass is 206 g/mol. The van der Waals surface area contributed by atoms with Crippen LogP contribution in [0.1, 0.15) is 41.0 Å². The van der Waals surface area contributed by atoms with Gasteiger partial charge in [-0.15, -0.1) is 0 Å². The lowest BCUT2D eigenvalue weighted by Crippen LogP contribution is -2.38. The van der Waals surface area contributed by atoms with Gasteiger partial charge in [-0.3, -0.25) is 4.79 Å². The molecule has 1 aliphatic carbocycles. The maximum absolute atomic E-state index is 12.1. The first kappa shape index (κ1) is 12.2. The third kappa shape index (κ3) is 2.22. The van der Waals surface area contributed by atoms with Crippen molar-refractivity contribution >= 4 is 5.78 Å². The predicted molar refractivity (Wildman–Crippen MR) is 64.6 cm³/mol. The van der Waals surface area contributed by atoms with Crippen LogP contribution >= 0.6 is 0 Å². The minimum atomic E-state index is 0.00819. The molecule has 0 N–H and O–H groups in total. The Morgan fingerprint density at radius 1 is 1.53 bits per heavy atom. The first-order valence-electron chi connectivity index (χ1n) is 5.75. The number of carbonyl (C=O) groups is 1. The van der Waals surface area contributed by atoms with Gasteiger partial charge in [0.05, 0.1) is 0 Å². The Morgan fingerprint density at radius 3 is 2.67 bits per heavy atom. The van der Waals surface area contributed by atoms with Crippen LogP contribution in [0.15, 0.2) is 23.8 Å². The minimum Gasteiger partial charge on any atom is -0.295 e. The van der Waals surface area contributed by atoms with E-state index in [0.29, 0.717) is 5.92 Å². The summed E-state index contributed by atoms with van der Waals surface area (Å²) >= 11 is 0. The molecule has 0 saturated carbocycles. The van der Waals surface area contributed by atoms with Crippen molar-refractivity contribution in [1.82, 2.24) is 0 Å². The van der Waals surface area contributed by atoms with Crippen LogP contribution in [-0.2, 0) is 4.79 Å². The molecular weight excluding hydrogens is 184 g/mol. The number of ketones is 1. The molecule has 0 aromatic carbocycles. The third-order valence-corrected chi connectivity index (χ3v) is 3.80. The van der Waals surface area contributed by atoms with E-state index in [0.717, 1.165) is 6.42 Å². The molecule has 0 aromatic rings. The van der Waals surface area contributed by atoms with Crippen molar-refractivity contribution in [3.63, 3.8) is 0 Å². The Bertz CT molecular complexity index is 307. The highest BCUT2D eigenvalue weighted by Crippen LogP contribution is 2.44. The Kier molecular flexibility index (Phi) is 3.54. The number of carbonyl (C=O) groups excluding carboxylic acids is 1. The molecule has 0 saturated heterocycles. The van der Waals surface area contributed by atoms with Crippen LogP contribution in [0, 0.1) is 17.3 Å². The molecule has 2 unspecified atom stereocenters. The predicted octanol–water partition coefficient (Wildman–Crippen LogP) is 3.76. The summed E-state index contributed by atoms with van der Waals surface area (Å²) in [6.07, 6.45) is 6.88. The molecule has 84 valence electrons. The maximum Gasteiger partial charge on any atom is 0.159 e. The van der Waals surface area contributed by atoms with Crippen LogP contribution in [0.4, 0.5) is 0 Å². The summed E-state index contributed by atoms with van der Waals surface area (Å²) in [7, 11) is 0. The standard InChI is InChI=1S/C14H22O/c1-6-7-12(15)13-10(2)8-9-11(3)14(13,4)5/h6-7,9-10,13H,8H2,1-5H3/b7-6+. The summed E-state index contributed by atoms with van der Waals surface area (Å²) in [5.41, 5.74) is 1.36. The molecule has 0 aliphatic heterocycles. The Morgan fingerprint density at radius 2 is 2.13 bits per heavy atom. The zero-order valence-corrected chi connectivity index (χ0v) is 10.5. The van der Waals surface area contributed by atoms with Crippen LogP contribution in [0.2, 0.25) is 0 Å². The van der Waals surface area contributed by atoms with Gasteiger partial charge < -0.3 is 0 Å². The van der Waals surface area contributed by atoms with Gasteiger partial charge in [-0.2, -0.15) is 0 Å². The summed E-state index contributed by atoms with van der Waals surface area (Å²) in [6, 6.07) is 0. The van der Waals surface area contributed by atoms with Crippen LogP contribution in [0.3, 0.4) is 0 Å². The molecule has 1 aliphatic rings. The summed E-state index contributed by atoms with van der Waals surface area (Å²) in [5, 5.41) is 0. The fourth-order valence-corrected chi connectivity index (χ4v) is 2.62. The maximum atomic E-state index is 12.1. The van der Waals surface area contributed by atoms with E-state index in [1.807, 2.05) is 13.0 Å². The van der Waals surface area contributed by atoms with Gasteiger partial charge in [-0.1, -0.05) is 38.5 Å². The third-order valence-electron chi connectivity index (χ3n) is 3.80. The molecule has 1 rings (SSSR count). The molecule has 1 heteroatoms. The first-order chi connectivity index (χ1) is 6.91. The average molecular weight is 206 g/mol. The van der Waals surface area contributed by atoms with Gasteiger partial charge in [0.1, 0.15) is 0 Å². The van der Waals surface area contributed by atoms with E-state index < -0.39 is 0 Å².